The predicted octanol–water partition coefficient (Wildman–Crippen LogP) is 4.17. The number of nitrogens with zero attached hydrogens (tertiary/aromatic N) is 2. The van der Waals surface area contributed by atoms with E-state index in [-0.39, 0.29) is 6.42 Å². The van der Waals surface area contributed by atoms with Crippen LogP contribution in [-0.4, -0.2) is 48.7 Å². The summed E-state index contributed by atoms with van der Waals surface area (Å²) in [5, 5.41) is 8.99. The van der Waals surface area contributed by atoms with Crippen molar-refractivity contribution in [2.75, 3.05) is 38.2 Å². The van der Waals surface area contributed by atoms with Crippen LogP contribution in [0.2, 0.25) is 0 Å². The van der Waals surface area contributed by atoms with Crippen molar-refractivity contribution in [2.24, 2.45) is 0 Å². The smallest absolute Gasteiger partial charge is 0.416 e. The third-order valence-electron chi connectivity index (χ3n) is 4.61. The van der Waals surface area contributed by atoms with Crippen LogP contribution in [0, 0.1) is 0 Å². The summed E-state index contributed by atoms with van der Waals surface area (Å²) in [7, 11) is 1.57. The normalized spacial score (nSPS) is 15.4. The van der Waals surface area contributed by atoms with Gasteiger partial charge in [-0.1, -0.05) is 6.07 Å². The summed E-state index contributed by atoms with van der Waals surface area (Å²) in [6.45, 7) is 2.76. The van der Waals surface area contributed by atoms with Gasteiger partial charge in [-0.05, 0) is 53.9 Å². The van der Waals surface area contributed by atoms with Gasteiger partial charge >= 0.3 is 12.1 Å². The van der Waals surface area contributed by atoms with E-state index < -0.39 is 17.7 Å². The van der Waals surface area contributed by atoms with Crippen molar-refractivity contribution in [3.63, 3.8) is 0 Å². The molecule has 0 bridgehead atoms. The first-order valence-electron chi connectivity index (χ1n) is 9.00. The molecule has 156 valence electrons. The van der Waals surface area contributed by atoms with E-state index >= 15 is 0 Å². The fourth-order valence-electron chi connectivity index (χ4n) is 3.11. The maximum atomic E-state index is 12.7. The van der Waals surface area contributed by atoms with E-state index in [0.29, 0.717) is 37.5 Å². The van der Waals surface area contributed by atoms with Crippen molar-refractivity contribution in [3.05, 3.63) is 53.6 Å². The van der Waals surface area contributed by atoms with Crippen molar-refractivity contribution in [3.8, 4) is 5.75 Å². The van der Waals surface area contributed by atoms with E-state index in [4.69, 9.17) is 9.84 Å². The molecular formula is C20H21F3N2O3S. The minimum Gasteiger partial charge on any atom is -0.496 e. The van der Waals surface area contributed by atoms with Gasteiger partial charge in [0.1, 0.15) is 5.75 Å². The number of carboxylic acids is 1. The van der Waals surface area contributed by atoms with Crippen molar-refractivity contribution in [1.29, 1.82) is 0 Å². The lowest BCUT2D eigenvalue weighted by Gasteiger charge is -2.35. The Bertz CT molecular complexity index is 851. The Balaban J connectivity index is 1.62. The highest BCUT2D eigenvalue weighted by molar-refractivity contribution is 7.97. The molecule has 5 nitrogen and oxygen atoms in total. The topological polar surface area (TPSA) is 53.0 Å². The number of ether oxygens (including phenoxy) is 1. The number of piperazine rings is 1. The number of benzene rings is 2. The third-order valence-corrected chi connectivity index (χ3v) is 5.75. The van der Waals surface area contributed by atoms with Gasteiger partial charge in [-0.2, -0.15) is 13.2 Å². The number of halogens is 3. The van der Waals surface area contributed by atoms with E-state index in [1.807, 2.05) is 6.07 Å². The molecule has 0 atom stereocenters. The standard InChI is InChI=1S/C20H21F3N2O3S/c1-28-17-7-2-14(13-19(26)27)12-18(17)29-25-10-8-24(9-11-25)16-5-3-15(4-6-16)20(21,22)23/h2-7,12H,8-11,13H2,1H3,(H,26,27). The highest BCUT2D eigenvalue weighted by atomic mass is 32.2. The summed E-state index contributed by atoms with van der Waals surface area (Å²) in [5.41, 5.74) is 0.816. The molecular weight excluding hydrogens is 405 g/mol. The van der Waals surface area contributed by atoms with Crippen LogP contribution >= 0.6 is 11.9 Å². The molecule has 1 heterocycles. The first-order valence-corrected chi connectivity index (χ1v) is 9.77. The summed E-state index contributed by atoms with van der Waals surface area (Å²) >= 11 is 1.50. The number of aliphatic carboxylic acids is 1. The maximum absolute atomic E-state index is 12.7. The third kappa shape index (κ3) is 5.57. The van der Waals surface area contributed by atoms with Crippen LogP contribution in [0.25, 0.3) is 0 Å². The first kappa shape index (κ1) is 21.3. The monoisotopic (exact) mass is 426 g/mol. The van der Waals surface area contributed by atoms with E-state index in [1.165, 1.54) is 24.1 Å². The lowest BCUT2D eigenvalue weighted by Crippen LogP contribution is -2.43. The average molecular weight is 426 g/mol. The first-order chi connectivity index (χ1) is 13.8. The van der Waals surface area contributed by atoms with Gasteiger partial charge in [0.2, 0.25) is 0 Å². The summed E-state index contributed by atoms with van der Waals surface area (Å²) in [6, 6.07) is 10.5. The quantitative estimate of drug-likeness (QED) is 0.700. The molecule has 0 radical (unpaired) electrons. The maximum Gasteiger partial charge on any atom is 0.416 e. The van der Waals surface area contributed by atoms with Gasteiger partial charge in [-0.15, -0.1) is 0 Å². The molecule has 1 N–H and O–H groups in total. The molecule has 0 saturated carbocycles. The molecule has 9 heteroatoms. The van der Waals surface area contributed by atoms with Crippen molar-refractivity contribution in [2.45, 2.75) is 17.5 Å². The summed E-state index contributed by atoms with van der Waals surface area (Å²) in [6.07, 6.45) is -4.39. The fourth-order valence-corrected chi connectivity index (χ4v) is 4.18. The number of hydrogen-bond acceptors (Lipinski definition) is 5. The molecule has 3 rings (SSSR count). The summed E-state index contributed by atoms with van der Waals surface area (Å²) < 4.78 is 45.7. The van der Waals surface area contributed by atoms with Crippen LogP contribution in [0.1, 0.15) is 11.1 Å². The molecule has 1 saturated heterocycles. The van der Waals surface area contributed by atoms with Crippen LogP contribution in [0.4, 0.5) is 18.9 Å². The molecule has 1 aliphatic rings. The van der Waals surface area contributed by atoms with Gasteiger partial charge in [0.25, 0.3) is 0 Å². The van der Waals surface area contributed by atoms with Crippen molar-refractivity contribution >= 4 is 23.6 Å². The van der Waals surface area contributed by atoms with Crippen LogP contribution < -0.4 is 9.64 Å². The molecule has 0 unspecified atom stereocenters. The van der Waals surface area contributed by atoms with E-state index in [1.54, 1.807) is 19.2 Å². The molecule has 29 heavy (non-hydrogen) atoms. The minimum atomic E-state index is -4.33. The Hall–Kier alpha value is -2.39. The van der Waals surface area contributed by atoms with Crippen molar-refractivity contribution < 1.29 is 27.8 Å². The fraction of sp³-hybridized carbons (Fsp3) is 0.350. The number of carbonyl (C=O) groups is 1. The van der Waals surface area contributed by atoms with Crippen LogP contribution in [0.15, 0.2) is 47.4 Å². The second-order valence-electron chi connectivity index (χ2n) is 6.61. The summed E-state index contributed by atoms with van der Waals surface area (Å²) in [5.74, 6) is -0.217. The Labute approximate surface area is 171 Å². The lowest BCUT2D eigenvalue weighted by molar-refractivity contribution is -0.138. The number of anilines is 1. The Morgan fingerprint density at radius 2 is 1.76 bits per heavy atom. The zero-order chi connectivity index (χ0) is 21.0. The molecule has 0 aromatic heterocycles. The number of methoxy groups -OCH3 is 1. The highest BCUT2D eigenvalue weighted by Crippen LogP contribution is 2.34. The average Bonchev–Trinajstić information content (AvgIpc) is 2.68. The lowest BCUT2D eigenvalue weighted by atomic mass is 10.1. The molecule has 1 aliphatic heterocycles. The Morgan fingerprint density at radius 3 is 2.31 bits per heavy atom. The SMILES string of the molecule is COc1ccc(CC(=O)O)cc1SN1CCN(c2ccc(C(F)(F)F)cc2)CC1. The van der Waals surface area contributed by atoms with Gasteiger partial charge in [-0.25, -0.2) is 4.31 Å². The predicted molar refractivity (Wildman–Crippen MR) is 105 cm³/mol. The molecule has 1 fully saturated rings. The van der Waals surface area contributed by atoms with E-state index in [9.17, 15) is 18.0 Å². The number of carboxylic acid groups (broad SMARTS) is 1. The van der Waals surface area contributed by atoms with E-state index in [2.05, 4.69) is 9.21 Å². The van der Waals surface area contributed by atoms with Crippen LogP contribution in [0.3, 0.4) is 0 Å². The molecule has 0 amide bonds. The van der Waals surface area contributed by atoms with Crippen LogP contribution in [0.5, 0.6) is 5.75 Å². The van der Waals surface area contributed by atoms with Gasteiger partial charge in [0, 0.05) is 31.9 Å². The van der Waals surface area contributed by atoms with Crippen molar-refractivity contribution in [1.82, 2.24) is 4.31 Å². The second-order valence-corrected chi connectivity index (χ2v) is 7.75. The van der Waals surface area contributed by atoms with Gasteiger partial charge < -0.3 is 14.7 Å². The zero-order valence-corrected chi connectivity index (χ0v) is 16.6. The van der Waals surface area contributed by atoms with Gasteiger partial charge in [-0.3, -0.25) is 4.79 Å². The largest absolute Gasteiger partial charge is 0.496 e. The highest BCUT2D eigenvalue weighted by Gasteiger charge is 2.30. The van der Waals surface area contributed by atoms with Gasteiger partial charge in [0.15, 0.2) is 0 Å². The Morgan fingerprint density at radius 1 is 1.10 bits per heavy atom. The minimum absolute atomic E-state index is 0.0563. The molecule has 0 spiro atoms. The molecule has 2 aromatic carbocycles. The van der Waals surface area contributed by atoms with Crippen LogP contribution in [-0.2, 0) is 17.4 Å². The number of hydrogen-bond donors (Lipinski definition) is 1. The zero-order valence-electron chi connectivity index (χ0n) is 15.8. The summed E-state index contributed by atoms with van der Waals surface area (Å²) in [4.78, 5) is 13.8. The molecule has 0 aliphatic carbocycles. The Kier molecular flexibility index (Phi) is 6.59. The van der Waals surface area contributed by atoms with Gasteiger partial charge in [0.05, 0.1) is 24.0 Å². The number of rotatable bonds is 6. The molecule has 2 aromatic rings. The number of alkyl halides is 3. The second kappa shape index (κ2) is 8.96. The van der Waals surface area contributed by atoms with E-state index in [0.717, 1.165) is 22.7 Å².